The minimum Gasteiger partial charge on any atom is -0.299 e. The quantitative estimate of drug-likeness (QED) is 0.683. The third-order valence-electron chi connectivity index (χ3n) is 2.96. The number of aromatic nitrogens is 2. The van der Waals surface area contributed by atoms with E-state index in [9.17, 15) is 4.79 Å². The normalized spacial score (nSPS) is 11.2. The van der Waals surface area contributed by atoms with Gasteiger partial charge in [0.2, 0.25) is 0 Å². The molecule has 0 saturated heterocycles. The SMILES string of the molecule is Cc1sc2ncn(CCCCS)c(=O)c2c1C. The zero-order valence-electron chi connectivity index (χ0n) is 10.1. The summed E-state index contributed by atoms with van der Waals surface area (Å²) in [5.74, 6) is 0.862. The number of rotatable bonds is 4. The van der Waals surface area contributed by atoms with Gasteiger partial charge >= 0.3 is 0 Å². The van der Waals surface area contributed by atoms with E-state index in [0.717, 1.165) is 40.9 Å². The van der Waals surface area contributed by atoms with E-state index in [4.69, 9.17) is 0 Å². The van der Waals surface area contributed by atoms with Crippen LogP contribution < -0.4 is 5.56 Å². The molecule has 0 aliphatic rings. The zero-order chi connectivity index (χ0) is 12.4. The monoisotopic (exact) mass is 268 g/mol. The van der Waals surface area contributed by atoms with Crippen LogP contribution in [0.15, 0.2) is 11.1 Å². The van der Waals surface area contributed by atoms with Crippen molar-refractivity contribution in [2.45, 2.75) is 33.2 Å². The van der Waals surface area contributed by atoms with E-state index >= 15 is 0 Å². The number of aryl methyl sites for hydroxylation is 3. The van der Waals surface area contributed by atoms with E-state index in [2.05, 4.69) is 17.6 Å². The second kappa shape index (κ2) is 5.23. The van der Waals surface area contributed by atoms with Crippen LogP contribution in [0, 0.1) is 13.8 Å². The Kier molecular flexibility index (Phi) is 3.89. The van der Waals surface area contributed by atoms with E-state index in [1.165, 1.54) is 4.88 Å². The van der Waals surface area contributed by atoms with Gasteiger partial charge in [-0.15, -0.1) is 11.3 Å². The minimum atomic E-state index is 0.0935. The number of thiol groups is 1. The topological polar surface area (TPSA) is 34.9 Å². The molecule has 92 valence electrons. The lowest BCUT2D eigenvalue weighted by molar-refractivity contribution is 0.611. The Hall–Kier alpha value is -0.810. The third kappa shape index (κ3) is 2.40. The summed E-state index contributed by atoms with van der Waals surface area (Å²) in [6.45, 7) is 4.76. The van der Waals surface area contributed by atoms with E-state index in [1.807, 2.05) is 13.8 Å². The van der Waals surface area contributed by atoms with Gasteiger partial charge in [-0.05, 0) is 38.0 Å². The van der Waals surface area contributed by atoms with Crippen LogP contribution >= 0.6 is 24.0 Å². The van der Waals surface area contributed by atoms with Crippen LogP contribution in [0.1, 0.15) is 23.3 Å². The molecule has 0 spiro atoms. The largest absolute Gasteiger partial charge is 0.299 e. The Morgan fingerprint density at radius 3 is 2.88 bits per heavy atom. The molecule has 0 bridgehead atoms. The van der Waals surface area contributed by atoms with Gasteiger partial charge < -0.3 is 0 Å². The van der Waals surface area contributed by atoms with Gasteiger partial charge in [-0.1, -0.05) is 0 Å². The Morgan fingerprint density at radius 2 is 2.18 bits per heavy atom. The van der Waals surface area contributed by atoms with Crippen molar-refractivity contribution in [3.8, 4) is 0 Å². The van der Waals surface area contributed by atoms with E-state index in [0.29, 0.717) is 0 Å². The number of nitrogens with zero attached hydrogens (tertiary/aromatic N) is 2. The van der Waals surface area contributed by atoms with E-state index < -0.39 is 0 Å². The standard InChI is InChI=1S/C12H16N2OS2/c1-8-9(2)17-11-10(8)12(15)14(7-13-11)5-3-4-6-16/h7,16H,3-6H2,1-2H3. The highest BCUT2D eigenvalue weighted by Crippen LogP contribution is 2.25. The fourth-order valence-corrected chi connectivity index (χ4v) is 3.03. The van der Waals surface area contributed by atoms with Gasteiger partial charge in [0.1, 0.15) is 4.83 Å². The maximum Gasteiger partial charge on any atom is 0.262 e. The minimum absolute atomic E-state index is 0.0935. The summed E-state index contributed by atoms with van der Waals surface area (Å²) >= 11 is 5.76. The van der Waals surface area contributed by atoms with E-state index in [1.54, 1.807) is 22.2 Å². The average Bonchev–Trinajstić information content (AvgIpc) is 2.59. The molecule has 0 N–H and O–H groups in total. The summed E-state index contributed by atoms with van der Waals surface area (Å²) in [5, 5.41) is 0.792. The van der Waals surface area contributed by atoms with Gasteiger partial charge in [0.05, 0.1) is 11.7 Å². The Bertz CT molecular complexity index is 586. The van der Waals surface area contributed by atoms with Crippen molar-refractivity contribution >= 4 is 34.2 Å². The molecule has 17 heavy (non-hydrogen) atoms. The molecule has 0 aliphatic carbocycles. The Labute approximate surface area is 110 Å². The molecular formula is C12H16N2OS2. The van der Waals surface area contributed by atoms with Crippen molar-refractivity contribution in [3.05, 3.63) is 27.1 Å². The van der Waals surface area contributed by atoms with Crippen LogP contribution in [0.25, 0.3) is 10.2 Å². The van der Waals surface area contributed by atoms with Crippen LogP contribution in [0.4, 0.5) is 0 Å². The summed E-state index contributed by atoms with van der Waals surface area (Å²) in [7, 11) is 0. The highest BCUT2D eigenvalue weighted by atomic mass is 32.1. The van der Waals surface area contributed by atoms with Crippen molar-refractivity contribution in [2.24, 2.45) is 0 Å². The number of hydrogen-bond donors (Lipinski definition) is 1. The lowest BCUT2D eigenvalue weighted by atomic mass is 10.2. The van der Waals surface area contributed by atoms with Crippen LogP contribution in [-0.4, -0.2) is 15.3 Å². The Morgan fingerprint density at radius 1 is 1.41 bits per heavy atom. The fraction of sp³-hybridized carbons (Fsp3) is 0.500. The zero-order valence-corrected chi connectivity index (χ0v) is 11.8. The van der Waals surface area contributed by atoms with Crippen molar-refractivity contribution < 1.29 is 0 Å². The predicted octanol–water partition coefficient (Wildman–Crippen LogP) is 2.78. The molecule has 3 nitrogen and oxygen atoms in total. The maximum absolute atomic E-state index is 12.3. The van der Waals surface area contributed by atoms with Gasteiger partial charge in [0.25, 0.3) is 5.56 Å². The molecule has 0 unspecified atom stereocenters. The van der Waals surface area contributed by atoms with Gasteiger partial charge in [-0.2, -0.15) is 12.6 Å². The van der Waals surface area contributed by atoms with Crippen molar-refractivity contribution in [3.63, 3.8) is 0 Å². The number of fused-ring (bicyclic) bond motifs is 1. The lowest BCUT2D eigenvalue weighted by Gasteiger charge is -2.04. The molecular weight excluding hydrogens is 252 g/mol. The molecule has 0 amide bonds. The molecule has 0 atom stereocenters. The van der Waals surface area contributed by atoms with Gasteiger partial charge in [-0.25, -0.2) is 4.98 Å². The average molecular weight is 268 g/mol. The molecule has 2 aromatic rings. The van der Waals surface area contributed by atoms with Crippen molar-refractivity contribution in [1.29, 1.82) is 0 Å². The molecule has 0 aromatic carbocycles. The number of unbranched alkanes of at least 4 members (excludes halogenated alkanes) is 1. The summed E-state index contributed by atoms with van der Waals surface area (Å²) < 4.78 is 1.71. The first-order valence-corrected chi connectivity index (χ1v) is 7.16. The smallest absolute Gasteiger partial charge is 0.262 e. The second-order valence-corrected chi connectivity index (χ2v) is 5.79. The molecule has 2 rings (SSSR count). The van der Waals surface area contributed by atoms with Crippen LogP contribution in [0.5, 0.6) is 0 Å². The van der Waals surface area contributed by atoms with Gasteiger partial charge in [0.15, 0.2) is 0 Å². The van der Waals surface area contributed by atoms with Gasteiger partial charge in [0, 0.05) is 11.4 Å². The first-order chi connectivity index (χ1) is 8.15. The molecule has 0 saturated carbocycles. The Balaban J connectivity index is 2.43. The molecule has 0 fully saturated rings. The lowest BCUT2D eigenvalue weighted by Crippen LogP contribution is -2.20. The first kappa shape index (κ1) is 12.6. The van der Waals surface area contributed by atoms with Crippen molar-refractivity contribution in [1.82, 2.24) is 9.55 Å². The first-order valence-electron chi connectivity index (χ1n) is 5.71. The van der Waals surface area contributed by atoms with Crippen LogP contribution in [0.2, 0.25) is 0 Å². The van der Waals surface area contributed by atoms with Crippen molar-refractivity contribution in [2.75, 3.05) is 5.75 Å². The van der Waals surface area contributed by atoms with Gasteiger partial charge in [-0.3, -0.25) is 9.36 Å². The summed E-state index contributed by atoms with van der Waals surface area (Å²) in [6.07, 6.45) is 3.66. The second-order valence-electron chi connectivity index (χ2n) is 4.14. The predicted molar refractivity (Wildman–Crippen MR) is 76.4 cm³/mol. The van der Waals surface area contributed by atoms with Crippen LogP contribution in [0.3, 0.4) is 0 Å². The molecule has 0 radical (unpaired) electrons. The molecule has 2 aromatic heterocycles. The molecule has 5 heteroatoms. The summed E-state index contributed by atoms with van der Waals surface area (Å²) in [6, 6.07) is 0. The number of thiophene rings is 1. The summed E-state index contributed by atoms with van der Waals surface area (Å²) in [4.78, 5) is 18.7. The number of hydrogen-bond acceptors (Lipinski definition) is 4. The highest BCUT2D eigenvalue weighted by molar-refractivity contribution is 7.80. The van der Waals surface area contributed by atoms with E-state index in [-0.39, 0.29) is 5.56 Å². The summed E-state index contributed by atoms with van der Waals surface area (Å²) in [5.41, 5.74) is 1.17. The third-order valence-corrected chi connectivity index (χ3v) is 4.39. The molecule has 2 heterocycles. The molecule has 0 aliphatic heterocycles. The highest BCUT2D eigenvalue weighted by Gasteiger charge is 2.11. The van der Waals surface area contributed by atoms with Crippen LogP contribution in [-0.2, 0) is 6.54 Å². The fourth-order valence-electron chi connectivity index (χ4n) is 1.82. The maximum atomic E-state index is 12.3.